The van der Waals surface area contributed by atoms with E-state index in [0.717, 1.165) is 5.56 Å². The molecule has 3 rings (SSSR count). The summed E-state index contributed by atoms with van der Waals surface area (Å²) in [6, 6.07) is 12.3. The number of carbonyl (C=O) groups excluding carboxylic acids is 3. The van der Waals surface area contributed by atoms with Crippen LogP contribution in [0.4, 0.5) is 0 Å². The van der Waals surface area contributed by atoms with Crippen molar-refractivity contribution in [3.8, 4) is 0 Å². The molecule has 182 valence electrons. The van der Waals surface area contributed by atoms with Crippen molar-refractivity contribution in [1.82, 2.24) is 14.5 Å². The van der Waals surface area contributed by atoms with Crippen molar-refractivity contribution >= 4 is 27.6 Å². The van der Waals surface area contributed by atoms with Crippen molar-refractivity contribution in [2.75, 3.05) is 26.2 Å². The predicted octanol–water partition coefficient (Wildman–Crippen LogP) is 2.49. The van der Waals surface area contributed by atoms with Crippen LogP contribution in [0.1, 0.15) is 47.1 Å². The molecule has 0 radical (unpaired) electrons. The van der Waals surface area contributed by atoms with E-state index in [1.807, 2.05) is 32.9 Å². The molecular formula is C25H31N3O5S. The number of ketones is 1. The van der Waals surface area contributed by atoms with Gasteiger partial charge in [0.2, 0.25) is 15.9 Å². The molecule has 2 aromatic carbocycles. The first-order valence-corrected chi connectivity index (χ1v) is 12.7. The van der Waals surface area contributed by atoms with Gasteiger partial charge in [-0.1, -0.05) is 44.2 Å². The largest absolute Gasteiger partial charge is 0.340 e. The Morgan fingerprint density at radius 3 is 2.03 bits per heavy atom. The number of nitrogens with zero attached hydrogens (tertiary/aromatic N) is 2. The van der Waals surface area contributed by atoms with Crippen LogP contribution in [0.25, 0.3) is 0 Å². The van der Waals surface area contributed by atoms with E-state index in [9.17, 15) is 22.8 Å². The summed E-state index contributed by atoms with van der Waals surface area (Å²) in [5.74, 6) is -0.799. The molecule has 1 aliphatic heterocycles. The minimum absolute atomic E-state index is 0.114. The number of amides is 2. The lowest BCUT2D eigenvalue weighted by molar-refractivity contribution is -0.135. The van der Waals surface area contributed by atoms with Crippen LogP contribution in [0, 0.1) is 12.8 Å². The molecule has 1 fully saturated rings. The number of Topliss-reactive ketones (excluding diaryl/α,β-unsaturated/α-hetero) is 1. The quantitative estimate of drug-likeness (QED) is 0.607. The number of nitrogens with one attached hydrogen (secondary N) is 1. The molecule has 2 amide bonds. The summed E-state index contributed by atoms with van der Waals surface area (Å²) < 4.78 is 27.3. The molecule has 0 unspecified atom stereocenters. The van der Waals surface area contributed by atoms with Gasteiger partial charge in [-0.25, -0.2) is 8.42 Å². The van der Waals surface area contributed by atoms with Crippen molar-refractivity contribution in [2.24, 2.45) is 5.92 Å². The van der Waals surface area contributed by atoms with E-state index in [1.165, 1.54) is 35.5 Å². The highest BCUT2D eigenvalue weighted by atomic mass is 32.2. The maximum Gasteiger partial charge on any atom is 0.252 e. The summed E-state index contributed by atoms with van der Waals surface area (Å²) >= 11 is 0. The molecule has 0 saturated carbocycles. The molecule has 0 aromatic heterocycles. The lowest BCUT2D eigenvalue weighted by Gasteiger charge is -2.36. The Hall–Kier alpha value is -3.04. The zero-order chi connectivity index (χ0) is 25.0. The highest BCUT2D eigenvalue weighted by Crippen LogP contribution is 2.20. The molecule has 1 saturated heterocycles. The van der Waals surface area contributed by atoms with E-state index in [-0.39, 0.29) is 54.6 Å². The number of hydrogen-bond acceptors (Lipinski definition) is 5. The fourth-order valence-corrected chi connectivity index (χ4v) is 5.34. The molecule has 9 heteroatoms. The van der Waals surface area contributed by atoms with Gasteiger partial charge in [0.05, 0.1) is 4.90 Å². The topological polar surface area (TPSA) is 104 Å². The Labute approximate surface area is 201 Å². The summed E-state index contributed by atoms with van der Waals surface area (Å²) in [5, 5.41) is 2.86. The van der Waals surface area contributed by atoms with Gasteiger partial charge in [0.1, 0.15) is 6.04 Å². The molecule has 2 aromatic rings. The van der Waals surface area contributed by atoms with Gasteiger partial charge in [-0.3, -0.25) is 14.4 Å². The van der Waals surface area contributed by atoms with Crippen molar-refractivity contribution in [2.45, 2.75) is 38.6 Å². The second kappa shape index (κ2) is 10.5. The first kappa shape index (κ1) is 25.6. The molecule has 1 heterocycles. The molecule has 1 N–H and O–H groups in total. The minimum Gasteiger partial charge on any atom is -0.340 e. The summed E-state index contributed by atoms with van der Waals surface area (Å²) in [6.45, 7) is 7.76. The standard InChI is InChI=1S/C25H31N3O5S/c1-17(2)23(26-24(30)22-8-6-5-7-18(22)3)25(31)27-13-15-28(16-14-27)34(32,33)21-11-9-20(10-12-21)19(4)29/h5-12,17,23H,13-16H2,1-4H3,(H,26,30)/t23-/m0/s1. The average molecular weight is 486 g/mol. The highest BCUT2D eigenvalue weighted by molar-refractivity contribution is 7.89. The number of piperazine rings is 1. The Balaban J connectivity index is 1.66. The molecule has 34 heavy (non-hydrogen) atoms. The zero-order valence-corrected chi connectivity index (χ0v) is 20.8. The molecular weight excluding hydrogens is 454 g/mol. The first-order valence-electron chi connectivity index (χ1n) is 11.3. The summed E-state index contributed by atoms with van der Waals surface area (Å²) in [7, 11) is -3.74. The number of carbonyl (C=O) groups is 3. The number of benzene rings is 2. The van der Waals surface area contributed by atoms with E-state index >= 15 is 0 Å². The van der Waals surface area contributed by atoms with Gasteiger partial charge in [0.25, 0.3) is 5.91 Å². The summed E-state index contributed by atoms with van der Waals surface area (Å²) in [5.41, 5.74) is 1.79. The van der Waals surface area contributed by atoms with Gasteiger partial charge in [0.15, 0.2) is 5.78 Å². The normalized spacial score (nSPS) is 15.7. The SMILES string of the molecule is CC(=O)c1ccc(S(=O)(=O)N2CCN(C(=O)[C@@H](NC(=O)c3ccccc3C)C(C)C)CC2)cc1. The van der Waals surface area contributed by atoms with E-state index in [2.05, 4.69) is 5.32 Å². The lowest BCUT2D eigenvalue weighted by atomic mass is 10.0. The Kier molecular flexibility index (Phi) is 7.89. The Morgan fingerprint density at radius 1 is 0.912 bits per heavy atom. The van der Waals surface area contributed by atoms with Gasteiger partial charge >= 0.3 is 0 Å². The van der Waals surface area contributed by atoms with Crippen LogP contribution in [-0.4, -0.2) is 67.4 Å². The number of hydrogen-bond donors (Lipinski definition) is 1. The van der Waals surface area contributed by atoms with Gasteiger partial charge < -0.3 is 10.2 Å². The third-order valence-corrected chi connectivity index (χ3v) is 7.97. The zero-order valence-electron chi connectivity index (χ0n) is 19.9. The van der Waals surface area contributed by atoms with Gasteiger partial charge in [-0.15, -0.1) is 0 Å². The van der Waals surface area contributed by atoms with Crippen LogP contribution < -0.4 is 5.32 Å². The fraction of sp³-hybridized carbons (Fsp3) is 0.400. The number of aryl methyl sites for hydroxylation is 1. The maximum absolute atomic E-state index is 13.2. The second-order valence-corrected chi connectivity index (χ2v) is 10.8. The number of rotatable bonds is 7. The first-order chi connectivity index (χ1) is 16.0. The van der Waals surface area contributed by atoms with Crippen molar-refractivity contribution < 1.29 is 22.8 Å². The van der Waals surface area contributed by atoms with Crippen molar-refractivity contribution in [3.63, 3.8) is 0 Å². The van der Waals surface area contributed by atoms with Crippen LogP contribution in [-0.2, 0) is 14.8 Å². The van der Waals surface area contributed by atoms with E-state index in [0.29, 0.717) is 11.1 Å². The molecule has 1 aliphatic rings. The van der Waals surface area contributed by atoms with Gasteiger partial charge in [-0.05, 0) is 43.5 Å². The van der Waals surface area contributed by atoms with Gasteiger partial charge in [-0.2, -0.15) is 4.31 Å². The van der Waals surface area contributed by atoms with E-state index < -0.39 is 16.1 Å². The average Bonchev–Trinajstić information content (AvgIpc) is 2.82. The third-order valence-electron chi connectivity index (χ3n) is 6.06. The molecule has 0 spiro atoms. The fourth-order valence-electron chi connectivity index (χ4n) is 3.92. The minimum atomic E-state index is -3.74. The number of sulfonamides is 1. The van der Waals surface area contributed by atoms with Crippen molar-refractivity contribution in [3.05, 3.63) is 65.2 Å². The smallest absolute Gasteiger partial charge is 0.252 e. The highest BCUT2D eigenvalue weighted by Gasteiger charge is 2.34. The Bertz CT molecular complexity index is 1170. The molecule has 0 bridgehead atoms. The molecule has 0 aliphatic carbocycles. The summed E-state index contributed by atoms with van der Waals surface area (Å²) in [6.07, 6.45) is 0. The summed E-state index contributed by atoms with van der Waals surface area (Å²) in [4.78, 5) is 39.2. The van der Waals surface area contributed by atoms with E-state index in [1.54, 1.807) is 17.0 Å². The molecule has 1 atom stereocenters. The van der Waals surface area contributed by atoms with Crippen LogP contribution in [0.15, 0.2) is 53.4 Å². The van der Waals surface area contributed by atoms with Crippen LogP contribution in [0.2, 0.25) is 0 Å². The predicted molar refractivity (Wildman–Crippen MR) is 129 cm³/mol. The third kappa shape index (κ3) is 5.53. The van der Waals surface area contributed by atoms with Crippen molar-refractivity contribution in [1.29, 1.82) is 0 Å². The lowest BCUT2D eigenvalue weighted by Crippen LogP contribution is -2.57. The van der Waals surface area contributed by atoms with Crippen LogP contribution in [0.3, 0.4) is 0 Å². The monoisotopic (exact) mass is 485 g/mol. The van der Waals surface area contributed by atoms with Crippen LogP contribution in [0.5, 0.6) is 0 Å². The molecule has 8 nitrogen and oxygen atoms in total. The van der Waals surface area contributed by atoms with E-state index in [4.69, 9.17) is 0 Å². The Morgan fingerprint density at radius 2 is 1.50 bits per heavy atom. The van der Waals surface area contributed by atoms with Gasteiger partial charge in [0, 0.05) is 37.3 Å². The maximum atomic E-state index is 13.2. The van der Waals surface area contributed by atoms with Crippen LogP contribution >= 0.6 is 0 Å². The second-order valence-electron chi connectivity index (χ2n) is 8.82.